The molecule has 0 saturated heterocycles. The molecule has 2 unspecified atom stereocenters. The molecule has 4 nitrogen and oxygen atoms in total. The van der Waals surface area contributed by atoms with Gasteiger partial charge in [0.05, 0.1) is 18.6 Å². The Bertz CT molecular complexity index is 509. The van der Waals surface area contributed by atoms with Gasteiger partial charge in [-0.25, -0.2) is 0 Å². The molecule has 156 valence electrons. The van der Waals surface area contributed by atoms with Crippen LogP contribution in [-0.4, -0.2) is 29.6 Å². The van der Waals surface area contributed by atoms with Crippen LogP contribution in [0.1, 0.15) is 104 Å². The fraction of sp³-hybridized carbons (Fsp3) is 0.826. The number of allylic oxidation sites excluding steroid dienone is 1. The van der Waals surface area contributed by atoms with Gasteiger partial charge in [0.1, 0.15) is 0 Å². The maximum Gasteiger partial charge on any atom is 0.305 e. The summed E-state index contributed by atoms with van der Waals surface area (Å²) in [5.41, 5.74) is 0.772. The summed E-state index contributed by atoms with van der Waals surface area (Å²) in [5, 5.41) is 11.2. The summed E-state index contributed by atoms with van der Waals surface area (Å²) in [6.07, 6.45) is 12.9. The van der Waals surface area contributed by atoms with Crippen molar-refractivity contribution in [3.63, 3.8) is 0 Å². The molecule has 1 N–H and O–H groups in total. The third-order valence-electron chi connectivity index (χ3n) is 6.24. The first-order valence-electron chi connectivity index (χ1n) is 10.9. The fourth-order valence-corrected chi connectivity index (χ4v) is 4.22. The Morgan fingerprint density at radius 2 is 1.56 bits per heavy atom. The Labute approximate surface area is 165 Å². The first-order valence-corrected chi connectivity index (χ1v) is 10.9. The highest BCUT2D eigenvalue weighted by atomic mass is 16.5. The number of Topliss-reactive ketones (excluding diaryl/α,β-unsaturated/α-hetero) is 1. The van der Waals surface area contributed by atoms with E-state index in [2.05, 4.69) is 11.7 Å². The van der Waals surface area contributed by atoms with Crippen LogP contribution in [0.25, 0.3) is 0 Å². The van der Waals surface area contributed by atoms with E-state index in [4.69, 9.17) is 0 Å². The minimum absolute atomic E-state index is 0.116. The van der Waals surface area contributed by atoms with Crippen LogP contribution in [-0.2, 0) is 14.3 Å². The van der Waals surface area contributed by atoms with Crippen LogP contribution in [0, 0.1) is 5.92 Å². The molecule has 0 heterocycles. The first-order chi connectivity index (χ1) is 12.9. The zero-order valence-corrected chi connectivity index (χ0v) is 17.9. The Morgan fingerprint density at radius 1 is 1.00 bits per heavy atom. The van der Waals surface area contributed by atoms with E-state index in [1.54, 1.807) is 0 Å². The quantitative estimate of drug-likeness (QED) is 0.318. The number of unbranched alkanes of at least 4 members (excludes halogenated alkanes) is 8. The molecule has 1 aliphatic rings. The third-order valence-corrected chi connectivity index (χ3v) is 6.24. The summed E-state index contributed by atoms with van der Waals surface area (Å²) >= 11 is 0. The lowest BCUT2D eigenvalue weighted by atomic mass is 9.79. The van der Waals surface area contributed by atoms with Gasteiger partial charge in [-0.3, -0.25) is 9.59 Å². The van der Waals surface area contributed by atoms with E-state index in [0.717, 1.165) is 62.5 Å². The summed E-state index contributed by atoms with van der Waals surface area (Å²) in [7, 11) is 1.44. The van der Waals surface area contributed by atoms with Crippen molar-refractivity contribution in [3.8, 4) is 0 Å². The van der Waals surface area contributed by atoms with E-state index in [0.29, 0.717) is 12.8 Å². The number of methoxy groups -OCH3 is 1. The number of aliphatic hydroxyl groups is 1. The maximum absolute atomic E-state index is 12.5. The first kappa shape index (κ1) is 23.9. The van der Waals surface area contributed by atoms with E-state index in [9.17, 15) is 14.7 Å². The second-order valence-electron chi connectivity index (χ2n) is 8.14. The lowest BCUT2D eigenvalue weighted by molar-refractivity contribution is -0.140. The lowest BCUT2D eigenvalue weighted by Gasteiger charge is -2.31. The van der Waals surface area contributed by atoms with Crippen molar-refractivity contribution in [1.29, 1.82) is 0 Å². The van der Waals surface area contributed by atoms with Crippen LogP contribution in [0.15, 0.2) is 11.1 Å². The van der Waals surface area contributed by atoms with Gasteiger partial charge in [0.15, 0.2) is 5.78 Å². The van der Waals surface area contributed by atoms with Crippen LogP contribution in [0.4, 0.5) is 0 Å². The number of esters is 1. The Hall–Kier alpha value is -1.16. The summed E-state index contributed by atoms with van der Waals surface area (Å²) in [6, 6.07) is 0. The fourth-order valence-electron chi connectivity index (χ4n) is 4.22. The third kappa shape index (κ3) is 7.06. The molecule has 0 spiro atoms. The minimum Gasteiger partial charge on any atom is -0.469 e. The molecular formula is C23H40O4. The van der Waals surface area contributed by atoms with Crippen LogP contribution in [0.5, 0.6) is 0 Å². The van der Waals surface area contributed by atoms with Gasteiger partial charge in [0, 0.05) is 6.42 Å². The van der Waals surface area contributed by atoms with Crippen molar-refractivity contribution in [1.82, 2.24) is 0 Å². The molecule has 0 aromatic heterocycles. The molecule has 1 rings (SSSR count). The summed E-state index contributed by atoms with van der Waals surface area (Å²) < 4.78 is 4.64. The van der Waals surface area contributed by atoms with E-state index < -0.39 is 5.60 Å². The highest BCUT2D eigenvalue weighted by molar-refractivity contribution is 6.01. The summed E-state index contributed by atoms with van der Waals surface area (Å²) in [5.74, 6) is -0.183. The zero-order chi connectivity index (χ0) is 20.3. The van der Waals surface area contributed by atoms with Crippen molar-refractivity contribution in [2.24, 2.45) is 5.92 Å². The van der Waals surface area contributed by atoms with Gasteiger partial charge in [0.25, 0.3) is 0 Å². The summed E-state index contributed by atoms with van der Waals surface area (Å²) in [6.45, 7) is 5.93. The molecule has 1 aliphatic carbocycles. The maximum atomic E-state index is 12.5. The molecular weight excluding hydrogens is 340 g/mol. The highest BCUT2D eigenvalue weighted by Crippen LogP contribution is 2.43. The number of carbonyl (C=O) groups excluding carboxylic acids is 2. The lowest BCUT2D eigenvalue weighted by Crippen LogP contribution is -2.38. The van der Waals surface area contributed by atoms with Crippen molar-refractivity contribution in [3.05, 3.63) is 11.1 Å². The van der Waals surface area contributed by atoms with E-state index in [1.165, 1.54) is 26.4 Å². The molecule has 0 aliphatic heterocycles. The van der Waals surface area contributed by atoms with Gasteiger partial charge in [-0.05, 0) is 44.3 Å². The molecule has 0 aromatic carbocycles. The molecule has 2 atom stereocenters. The Balaban J connectivity index is 2.24. The van der Waals surface area contributed by atoms with Gasteiger partial charge in [-0.2, -0.15) is 0 Å². The number of ether oxygens (including phenoxy) is 1. The SMILES string of the molecule is CCCCC1C(=O)C(C)=C(C)C1(O)CCCCCCCCCCC(=O)OC. The standard InChI is InChI=1S/C23H40O4/c1-5-6-15-20-22(25)18(2)19(3)23(20,26)17-14-12-10-8-7-9-11-13-16-21(24)27-4/h20,26H,5-17H2,1-4H3. The predicted octanol–water partition coefficient (Wildman–Crippen LogP) is 5.52. The Kier molecular flexibility index (Phi) is 10.9. The van der Waals surface area contributed by atoms with E-state index >= 15 is 0 Å². The second-order valence-corrected chi connectivity index (χ2v) is 8.14. The van der Waals surface area contributed by atoms with Crippen molar-refractivity contribution >= 4 is 11.8 Å². The van der Waals surface area contributed by atoms with Gasteiger partial charge in [-0.1, -0.05) is 64.7 Å². The van der Waals surface area contributed by atoms with Crippen LogP contribution in [0.2, 0.25) is 0 Å². The number of hydrogen-bond donors (Lipinski definition) is 1. The second kappa shape index (κ2) is 12.3. The number of carbonyl (C=O) groups is 2. The van der Waals surface area contributed by atoms with Gasteiger partial charge >= 0.3 is 5.97 Å². The van der Waals surface area contributed by atoms with Gasteiger partial charge < -0.3 is 9.84 Å². The number of hydrogen-bond acceptors (Lipinski definition) is 4. The van der Waals surface area contributed by atoms with Crippen molar-refractivity contribution in [2.45, 2.75) is 110 Å². The van der Waals surface area contributed by atoms with Gasteiger partial charge in [-0.15, -0.1) is 0 Å². The molecule has 0 fully saturated rings. The summed E-state index contributed by atoms with van der Waals surface area (Å²) in [4.78, 5) is 23.5. The molecule has 0 saturated carbocycles. The monoisotopic (exact) mass is 380 g/mol. The molecule has 0 radical (unpaired) electrons. The van der Waals surface area contributed by atoms with Crippen LogP contribution in [0.3, 0.4) is 0 Å². The number of rotatable bonds is 14. The zero-order valence-electron chi connectivity index (χ0n) is 17.9. The van der Waals surface area contributed by atoms with E-state index in [1.807, 2.05) is 13.8 Å². The van der Waals surface area contributed by atoms with Crippen molar-refractivity contribution < 1.29 is 19.4 Å². The average Bonchev–Trinajstić information content (AvgIpc) is 2.82. The van der Waals surface area contributed by atoms with Crippen molar-refractivity contribution in [2.75, 3.05) is 7.11 Å². The highest BCUT2D eigenvalue weighted by Gasteiger charge is 2.48. The normalized spacial score (nSPS) is 22.6. The minimum atomic E-state index is -0.912. The molecule has 27 heavy (non-hydrogen) atoms. The Morgan fingerprint density at radius 3 is 2.11 bits per heavy atom. The van der Waals surface area contributed by atoms with E-state index in [-0.39, 0.29) is 17.7 Å². The molecule has 4 heteroatoms. The smallest absolute Gasteiger partial charge is 0.305 e. The van der Waals surface area contributed by atoms with Crippen LogP contribution < -0.4 is 0 Å². The molecule has 0 amide bonds. The topological polar surface area (TPSA) is 63.6 Å². The molecule has 0 aromatic rings. The van der Waals surface area contributed by atoms with Gasteiger partial charge in [0.2, 0.25) is 0 Å². The predicted molar refractivity (Wildman–Crippen MR) is 110 cm³/mol. The number of ketones is 1. The average molecular weight is 381 g/mol. The molecule has 0 bridgehead atoms. The largest absolute Gasteiger partial charge is 0.469 e. The van der Waals surface area contributed by atoms with Crippen LogP contribution >= 0.6 is 0 Å².